The van der Waals surface area contributed by atoms with Gasteiger partial charge in [0, 0.05) is 13.1 Å². The zero-order chi connectivity index (χ0) is 15.4. The summed E-state index contributed by atoms with van der Waals surface area (Å²) in [7, 11) is 1.95. The molecular weight excluding hydrogens is 272 g/mol. The number of benzene rings is 2. The molecule has 1 aliphatic heterocycles. The normalized spacial score (nSPS) is 19.2. The maximum atomic E-state index is 5.45. The molecule has 0 unspecified atom stereocenters. The molecule has 0 radical (unpaired) electrons. The minimum absolute atomic E-state index is 0.244. The molecule has 1 aliphatic rings. The van der Waals surface area contributed by atoms with E-state index >= 15 is 0 Å². The molecule has 3 nitrogen and oxygen atoms in total. The van der Waals surface area contributed by atoms with Crippen molar-refractivity contribution < 1.29 is 4.74 Å². The van der Waals surface area contributed by atoms with E-state index in [0.29, 0.717) is 5.92 Å². The Balaban J connectivity index is 1.82. The van der Waals surface area contributed by atoms with Crippen LogP contribution >= 0.6 is 0 Å². The van der Waals surface area contributed by atoms with Crippen LogP contribution in [0.15, 0.2) is 42.5 Å². The monoisotopic (exact) mass is 297 g/mol. The quantitative estimate of drug-likeness (QED) is 0.838. The Morgan fingerprint density at radius 3 is 2.59 bits per heavy atom. The van der Waals surface area contributed by atoms with Crippen molar-refractivity contribution in [3.05, 3.63) is 53.3 Å². The van der Waals surface area contributed by atoms with Crippen LogP contribution in [0.3, 0.4) is 0 Å². The van der Waals surface area contributed by atoms with Crippen LogP contribution in [-0.2, 0) is 4.74 Å². The molecule has 2 aromatic carbocycles. The van der Waals surface area contributed by atoms with Crippen LogP contribution < -0.4 is 0 Å². The highest BCUT2D eigenvalue weighted by Crippen LogP contribution is 2.34. The average Bonchev–Trinajstić information content (AvgIpc) is 2.57. The Hall–Kier alpha value is -1.42. The topological polar surface area (TPSA) is 26.6 Å². The van der Waals surface area contributed by atoms with Crippen molar-refractivity contribution in [1.82, 2.24) is 4.90 Å². The first kappa shape index (κ1) is 15.5. The summed E-state index contributed by atoms with van der Waals surface area (Å²) in [5, 5.41) is 7.34. The molecule has 1 fully saturated rings. The SMILES string of the molecule is C[N-][C@@H](c1cccc2ccccc12)[C@@H](C)CN1CCOCC1. The summed E-state index contributed by atoms with van der Waals surface area (Å²) in [6.07, 6.45) is 0. The maximum absolute atomic E-state index is 5.45. The zero-order valence-electron chi connectivity index (χ0n) is 13.5. The third kappa shape index (κ3) is 3.32. The van der Waals surface area contributed by atoms with E-state index in [2.05, 4.69) is 54.3 Å². The van der Waals surface area contributed by atoms with Gasteiger partial charge in [-0.15, -0.1) is 6.04 Å². The van der Waals surface area contributed by atoms with Gasteiger partial charge in [0.25, 0.3) is 0 Å². The molecule has 0 amide bonds. The average molecular weight is 297 g/mol. The highest BCUT2D eigenvalue weighted by molar-refractivity contribution is 5.86. The molecule has 0 aliphatic carbocycles. The molecule has 0 saturated carbocycles. The van der Waals surface area contributed by atoms with Crippen LogP contribution in [0.2, 0.25) is 0 Å². The summed E-state index contributed by atoms with van der Waals surface area (Å²) in [4.78, 5) is 2.50. The van der Waals surface area contributed by atoms with Crippen molar-refractivity contribution in [1.29, 1.82) is 0 Å². The number of morpholine rings is 1. The lowest BCUT2D eigenvalue weighted by Crippen LogP contribution is -2.39. The van der Waals surface area contributed by atoms with Crippen LogP contribution in [-0.4, -0.2) is 44.8 Å². The summed E-state index contributed by atoms with van der Waals surface area (Å²) >= 11 is 0. The van der Waals surface area contributed by atoms with Gasteiger partial charge in [-0.3, -0.25) is 4.90 Å². The van der Waals surface area contributed by atoms with Crippen molar-refractivity contribution in [3.8, 4) is 0 Å². The Morgan fingerprint density at radius 2 is 1.82 bits per heavy atom. The minimum atomic E-state index is 0.244. The van der Waals surface area contributed by atoms with E-state index in [1.54, 1.807) is 0 Å². The first-order valence-corrected chi connectivity index (χ1v) is 8.16. The molecule has 0 spiro atoms. The van der Waals surface area contributed by atoms with Gasteiger partial charge < -0.3 is 10.1 Å². The highest BCUT2D eigenvalue weighted by Gasteiger charge is 2.18. The molecule has 2 aromatic rings. The third-order valence-electron chi connectivity index (χ3n) is 4.61. The highest BCUT2D eigenvalue weighted by atomic mass is 16.5. The Morgan fingerprint density at radius 1 is 1.09 bits per heavy atom. The molecule has 3 rings (SSSR count). The molecule has 0 aromatic heterocycles. The standard InChI is InChI=1S/C19H25N2O/c1-15(14-21-10-12-22-13-11-21)19(20-2)18-9-5-7-16-6-3-4-8-17(16)18/h3-9,15,19H,10-14H2,1-2H3/q-1/t15-,19+/m0/s1. The smallest absolute Gasteiger partial charge is 0.0594 e. The van der Waals surface area contributed by atoms with E-state index in [9.17, 15) is 0 Å². The van der Waals surface area contributed by atoms with Gasteiger partial charge in [-0.2, -0.15) is 7.05 Å². The second kappa shape index (κ2) is 7.23. The summed E-state index contributed by atoms with van der Waals surface area (Å²) in [5.74, 6) is 0.494. The van der Waals surface area contributed by atoms with Gasteiger partial charge in [0.2, 0.25) is 0 Å². The van der Waals surface area contributed by atoms with E-state index in [4.69, 9.17) is 10.1 Å². The van der Waals surface area contributed by atoms with Gasteiger partial charge in [-0.25, -0.2) is 0 Å². The van der Waals surface area contributed by atoms with Gasteiger partial charge in [0.05, 0.1) is 13.2 Å². The van der Waals surface area contributed by atoms with Gasteiger partial charge in [-0.1, -0.05) is 55.0 Å². The summed E-state index contributed by atoms with van der Waals surface area (Å²) in [6, 6.07) is 15.4. The lowest BCUT2D eigenvalue weighted by atomic mass is 9.90. The zero-order valence-corrected chi connectivity index (χ0v) is 13.5. The van der Waals surface area contributed by atoms with Crippen molar-refractivity contribution in [2.45, 2.75) is 13.0 Å². The molecule has 0 N–H and O–H groups in total. The minimum Gasteiger partial charge on any atom is -0.658 e. The van der Waals surface area contributed by atoms with Crippen LogP contribution in [0.25, 0.3) is 16.1 Å². The largest absolute Gasteiger partial charge is 0.658 e. The first-order chi connectivity index (χ1) is 10.8. The number of hydrogen-bond donors (Lipinski definition) is 0. The fourth-order valence-corrected chi connectivity index (χ4v) is 3.50. The van der Waals surface area contributed by atoms with Gasteiger partial charge in [-0.05, 0) is 23.2 Å². The molecule has 3 heteroatoms. The van der Waals surface area contributed by atoms with E-state index in [0.717, 1.165) is 32.8 Å². The van der Waals surface area contributed by atoms with Gasteiger partial charge in [0.1, 0.15) is 0 Å². The second-order valence-corrected chi connectivity index (χ2v) is 6.16. The van der Waals surface area contributed by atoms with E-state index in [1.807, 2.05) is 7.05 Å². The van der Waals surface area contributed by atoms with Crippen LogP contribution in [0, 0.1) is 5.92 Å². The number of fused-ring (bicyclic) bond motifs is 1. The molecule has 22 heavy (non-hydrogen) atoms. The number of ether oxygens (including phenoxy) is 1. The predicted octanol–water partition coefficient (Wildman–Crippen LogP) is 3.85. The Kier molecular flexibility index (Phi) is 5.08. The fourth-order valence-electron chi connectivity index (χ4n) is 3.50. The summed E-state index contributed by atoms with van der Waals surface area (Å²) in [5.41, 5.74) is 1.35. The van der Waals surface area contributed by atoms with Crippen LogP contribution in [0.4, 0.5) is 0 Å². The summed E-state index contributed by atoms with van der Waals surface area (Å²) < 4.78 is 5.45. The summed E-state index contributed by atoms with van der Waals surface area (Å²) in [6.45, 7) is 7.18. The van der Waals surface area contributed by atoms with Gasteiger partial charge in [0.15, 0.2) is 0 Å². The van der Waals surface area contributed by atoms with E-state index in [1.165, 1.54) is 16.3 Å². The maximum Gasteiger partial charge on any atom is 0.0594 e. The molecular formula is C19H25N2O-. The Bertz CT molecular complexity index is 602. The van der Waals surface area contributed by atoms with Crippen molar-refractivity contribution in [2.24, 2.45) is 5.92 Å². The van der Waals surface area contributed by atoms with Crippen molar-refractivity contribution in [2.75, 3.05) is 39.9 Å². The molecule has 118 valence electrons. The predicted molar refractivity (Wildman–Crippen MR) is 92.4 cm³/mol. The number of hydrogen-bond acceptors (Lipinski definition) is 2. The first-order valence-electron chi connectivity index (χ1n) is 8.16. The Labute approximate surface area is 133 Å². The second-order valence-electron chi connectivity index (χ2n) is 6.16. The lowest BCUT2D eigenvalue weighted by molar-refractivity contribution is 0.0307. The number of nitrogens with zero attached hydrogens (tertiary/aromatic N) is 2. The van der Waals surface area contributed by atoms with E-state index in [-0.39, 0.29) is 6.04 Å². The van der Waals surface area contributed by atoms with Crippen molar-refractivity contribution >= 4 is 10.8 Å². The molecule has 1 heterocycles. The fraction of sp³-hybridized carbons (Fsp3) is 0.474. The lowest BCUT2D eigenvalue weighted by Gasteiger charge is -2.39. The van der Waals surface area contributed by atoms with Crippen LogP contribution in [0.5, 0.6) is 0 Å². The van der Waals surface area contributed by atoms with E-state index < -0.39 is 0 Å². The van der Waals surface area contributed by atoms with Crippen molar-refractivity contribution in [3.63, 3.8) is 0 Å². The van der Waals surface area contributed by atoms with Gasteiger partial charge >= 0.3 is 0 Å². The number of rotatable bonds is 5. The molecule has 0 bridgehead atoms. The molecule has 1 saturated heterocycles. The third-order valence-corrected chi connectivity index (χ3v) is 4.61. The molecule has 2 atom stereocenters. The van der Waals surface area contributed by atoms with Crippen LogP contribution in [0.1, 0.15) is 18.5 Å².